The van der Waals surface area contributed by atoms with Gasteiger partial charge in [0.1, 0.15) is 0 Å². The van der Waals surface area contributed by atoms with Crippen LogP contribution in [0, 0.1) is 5.92 Å². The minimum Gasteiger partial charge on any atom is -0.316 e. The number of nitrogens with zero attached hydrogens (tertiary/aromatic N) is 1. The minimum atomic E-state index is 0.785. The molecule has 0 aromatic heterocycles. The van der Waals surface area contributed by atoms with Gasteiger partial charge in [-0.2, -0.15) is 0 Å². The Morgan fingerprint density at radius 3 is 2.75 bits per heavy atom. The monoisotopic (exact) mass is 225 g/mol. The Labute approximate surface area is 100.0 Å². The van der Waals surface area contributed by atoms with Gasteiger partial charge in [0.25, 0.3) is 0 Å². The molecule has 0 bridgehead atoms. The molecule has 0 spiro atoms. The van der Waals surface area contributed by atoms with Gasteiger partial charge in [-0.3, -0.25) is 0 Å². The van der Waals surface area contributed by atoms with Crippen molar-refractivity contribution in [3.63, 3.8) is 0 Å². The second kappa shape index (κ2) is 6.58. The average molecular weight is 225 g/mol. The van der Waals surface area contributed by atoms with Crippen LogP contribution in [0.15, 0.2) is 0 Å². The van der Waals surface area contributed by atoms with Crippen LogP contribution in [0.3, 0.4) is 0 Å². The molecule has 2 saturated heterocycles. The normalized spacial score (nSPS) is 29.4. The van der Waals surface area contributed by atoms with Crippen molar-refractivity contribution >= 4 is 0 Å². The number of likely N-dealkylation sites (tertiary alicyclic amines) is 1. The maximum atomic E-state index is 3.73. The molecule has 94 valence electrons. The van der Waals surface area contributed by atoms with Crippen molar-refractivity contribution in [3.8, 4) is 0 Å². The molecule has 3 nitrogen and oxygen atoms in total. The Morgan fingerprint density at radius 2 is 2.06 bits per heavy atom. The molecule has 0 radical (unpaired) electrons. The van der Waals surface area contributed by atoms with E-state index in [1.807, 2.05) is 0 Å². The van der Waals surface area contributed by atoms with Gasteiger partial charge >= 0.3 is 0 Å². The van der Waals surface area contributed by atoms with E-state index >= 15 is 0 Å². The van der Waals surface area contributed by atoms with Crippen LogP contribution >= 0.6 is 0 Å². The van der Waals surface area contributed by atoms with Gasteiger partial charge in [0.15, 0.2) is 0 Å². The second-order valence-corrected chi connectivity index (χ2v) is 5.53. The molecule has 2 N–H and O–H groups in total. The van der Waals surface area contributed by atoms with E-state index in [9.17, 15) is 0 Å². The van der Waals surface area contributed by atoms with Crippen LogP contribution < -0.4 is 10.6 Å². The van der Waals surface area contributed by atoms with Crippen LogP contribution in [-0.2, 0) is 0 Å². The lowest BCUT2D eigenvalue weighted by atomic mass is 9.96. The quantitative estimate of drug-likeness (QED) is 0.749. The number of rotatable bonds is 4. The third-order valence-electron chi connectivity index (χ3n) is 4.10. The summed E-state index contributed by atoms with van der Waals surface area (Å²) in [7, 11) is 2.23. The zero-order chi connectivity index (χ0) is 11.2. The fourth-order valence-electron chi connectivity index (χ4n) is 2.87. The number of nitrogens with one attached hydrogen (secondary N) is 2. The van der Waals surface area contributed by atoms with E-state index in [-0.39, 0.29) is 0 Å². The predicted octanol–water partition coefficient (Wildman–Crippen LogP) is 1.06. The van der Waals surface area contributed by atoms with Crippen LogP contribution in [0.25, 0.3) is 0 Å². The first-order valence-electron chi connectivity index (χ1n) is 6.97. The summed E-state index contributed by atoms with van der Waals surface area (Å²) in [6.07, 6.45) is 6.83. The Bertz CT molecular complexity index is 182. The van der Waals surface area contributed by atoms with Gasteiger partial charge in [-0.25, -0.2) is 0 Å². The topological polar surface area (TPSA) is 27.3 Å². The largest absolute Gasteiger partial charge is 0.316 e. The van der Waals surface area contributed by atoms with Gasteiger partial charge in [0.05, 0.1) is 0 Å². The lowest BCUT2D eigenvalue weighted by Crippen LogP contribution is -2.42. The highest BCUT2D eigenvalue weighted by atomic mass is 15.1. The van der Waals surface area contributed by atoms with Gasteiger partial charge in [0, 0.05) is 6.04 Å². The van der Waals surface area contributed by atoms with Crippen molar-refractivity contribution in [2.24, 2.45) is 5.92 Å². The molecule has 1 unspecified atom stereocenters. The van der Waals surface area contributed by atoms with Gasteiger partial charge < -0.3 is 15.5 Å². The zero-order valence-corrected chi connectivity index (χ0v) is 10.7. The maximum Gasteiger partial charge on any atom is 0.00914 e. The summed E-state index contributed by atoms with van der Waals surface area (Å²) < 4.78 is 0. The standard InChI is InChI=1S/C13H27N3/c1-16-9-5-13(6-10-16)15-8-4-12-3-2-7-14-11-12/h12-15H,2-11H2,1H3. The van der Waals surface area contributed by atoms with Crippen molar-refractivity contribution in [1.29, 1.82) is 0 Å². The van der Waals surface area contributed by atoms with Gasteiger partial charge in [-0.15, -0.1) is 0 Å². The lowest BCUT2D eigenvalue weighted by molar-refractivity contribution is 0.231. The average Bonchev–Trinajstić information content (AvgIpc) is 2.33. The molecule has 0 amide bonds. The molecule has 2 aliphatic rings. The molecule has 2 heterocycles. The first kappa shape index (κ1) is 12.3. The number of hydrogen-bond donors (Lipinski definition) is 2. The molecular formula is C13H27N3. The minimum absolute atomic E-state index is 0.785. The fraction of sp³-hybridized carbons (Fsp3) is 1.00. The fourth-order valence-corrected chi connectivity index (χ4v) is 2.87. The Kier molecular flexibility index (Phi) is 5.07. The van der Waals surface area contributed by atoms with E-state index in [0.717, 1.165) is 12.0 Å². The van der Waals surface area contributed by atoms with Gasteiger partial charge in [0.2, 0.25) is 0 Å². The lowest BCUT2D eigenvalue weighted by Gasteiger charge is -2.30. The zero-order valence-electron chi connectivity index (χ0n) is 10.7. The maximum absolute atomic E-state index is 3.73. The molecule has 2 aliphatic heterocycles. The van der Waals surface area contributed by atoms with E-state index in [0.29, 0.717) is 0 Å². The summed E-state index contributed by atoms with van der Waals surface area (Å²) in [5, 5.41) is 7.23. The molecule has 3 heteroatoms. The highest BCUT2D eigenvalue weighted by Gasteiger charge is 2.17. The molecule has 16 heavy (non-hydrogen) atoms. The highest BCUT2D eigenvalue weighted by molar-refractivity contribution is 4.76. The molecule has 0 aromatic rings. The van der Waals surface area contributed by atoms with Crippen LogP contribution in [0.4, 0.5) is 0 Å². The summed E-state index contributed by atoms with van der Waals surface area (Å²) in [5.74, 6) is 0.924. The molecular weight excluding hydrogens is 198 g/mol. The summed E-state index contributed by atoms with van der Waals surface area (Å²) >= 11 is 0. The number of piperidine rings is 2. The van der Waals surface area contributed by atoms with Crippen molar-refractivity contribution < 1.29 is 0 Å². The molecule has 0 aromatic carbocycles. The van der Waals surface area contributed by atoms with Crippen LogP contribution in [0.2, 0.25) is 0 Å². The van der Waals surface area contributed by atoms with Crippen molar-refractivity contribution in [2.75, 3.05) is 39.8 Å². The SMILES string of the molecule is CN1CCC(NCCC2CCCNC2)CC1. The molecule has 1 atom stereocenters. The summed E-state index contributed by atoms with van der Waals surface area (Å²) in [5.41, 5.74) is 0. The molecule has 0 saturated carbocycles. The van der Waals surface area contributed by atoms with E-state index < -0.39 is 0 Å². The summed E-state index contributed by atoms with van der Waals surface area (Å²) in [6.45, 7) is 6.24. The highest BCUT2D eigenvalue weighted by Crippen LogP contribution is 2.14. The second-order valence-electron chi connectivity index (χ2n) is 5.53. The first-order chi connectivity index (χ1) is 7.84. The van der Waals surface area contributed by atoms with E-state index in [2.05, 4.69) is 22.6 Å². The van der Waals surface area contributed by atoms with E-state index in [1.165, 1.54) is 64.8 Å². The molecule has 0 aliphatic carbocycles. The third-order valence-corrected chi connectivity index (χ3v) is 4.10. The van der Waals surface area contributed by atoms with Gasteiger partial charge in [-0.05, 0) is 77.8 Å². The smallest absolute Gasteiger partial charge is 0.00914 e. The third kappa shape index (κ3) is 4.04. The first-order valence-corrected chi connectivity index (χ1v) is 6.97. The summed E-state index contributed by atoms with van der Waals surface area (Å²) in [4.78, 5) is 2.43. The predicted molar refractivity (Wildman–Crippen MR) is 68.7 cm³/mol. The Hall–Kier alpha value is -0.120. The number of hydrogen-bond acceptors (Lipinski definition) is 3. The summed E-state index contributed by atoms with van der Waals surface area (Å²) in [6, 6.07) is 0.785. The molecule has 2 fully saturated rings. The van der Waals surface area contributed by atoms with Crippen molar-refractivity contribution in [2.45, 2.75) is 38.1 Å². The van der Waals surface area contributed by atoms with Crippen molar-refractivity contribution in [1.82, 2.24) is 15.5 Å². The Balaban J connectivity index is 1.53. The van der Waals surface area contributed by atoms with Crippen LogP contribution in [0.5, 0.6) is 0 Å². The van der Waals surface area contributed by atoms with Crippen molar-refractivity contribution in [3.05, 3.63) is 0 Å². The van der Waals surface area contributed by atoms with E-state index in [1.54, 1.807) is 0 Å². The van der Waals surface area contributed by atoms with E-state index in [4.69, 9.17) is 0 Å². The van der Waals surface area contributed by atoms with Crippen LogP contribution in [0.1, 0.15) is 32.1 Å². The Morgan fingerprint density at radius 1 is 1.25 bits per heavy atom. The van der Waals surface area contributed by atoms with Gasteiger partial charge in [-0.1, -0.05) is 0 Å². The van der Waals surface area contributed by atoms with Crippen LogP contribution in [-0.4, -0.2) is 50.7 Å². The molecule has 2 rings (SSSR count).